The molecule has 2 aliphatic carbocycles. The smallest absolute Gasteiger partial charge is 0.387 e. The Labute approximate surface area is 255 Å². The van der Waals surface area contributed by atoms with Gasteiger partial charge in [-0.3, -0.25) is 4.98 Å². The van der Waals surface area contributed by atoms with Gasteiger partial charge in [0.05, 0.1) is 15.6 Å². The minimum Gasteiger partial charge on any atom is -0.477 e. The van der Waals surface area contributed by atoms with Crippen LogP contribution >= 0.6 is 23.2 Å². The maximum absolute atomic E-state index is 13.1. The highest BCUT2D eigenvalue weighted by Crippen LogP contribution is 2.54. The van der Waals surface area contributed by atoms with E-state index in [1.165, 1.54) is 5.57 Å². The normalized spacial score (nSPS) is 17.9. The van der Waals surface area contributed by atoms with E-state index in [4.69, 9.17) is 27.7 Å². The molecule has 1 spiro atoms. The summed E-state index contributed by atoms with van der Waals surface area (Å²) in [5.74, 6) is -0.258. The van der Waals surface area contributed by atoms with Crippen molar-refractivity contribution in [2.45, 2.75) is 51.1 Å². The standard InChI is InChI=1S/C31H26Cl2F2N4O4/c32-21-14-36-15-22(33)26(21)27-20(28(43-38-27)17-1-2-17)9-16-12-31(13-16)5-7-39(8-6-31)18-3-4-23-19(10-18)25(42-30(34)35)11-24(37-23)29(40)41/h3-4,9-11,14-15,17,30H,1-2,5-8,12-13H2,(H,40,41). The van der Waals surface area contributed by atoms with E-state index in [2.05, 4.69) is 30.8 Å². The Balaban J connectivity index is 1.09. The van der Waals surface area contributed by atoms with Crippen LogP contribution in [0.1, 0.15) is 66.3 Å². The zero-order chi connectivity index (χ0) is 29.9. The van der Waals surface area contributed by atoms with Gasteiger partial charge in [-0.15, -0.1) is 0 Å². The van der Waals surface area contributed by atoms with E-state index in [0.717, 1.165) is 74.7 Å². The van der Waals surface area contributed by atoms with E-state index in [0.29, 0.717) is 32.6 Å². The van der Waals surface area contributed by atoms with Crippen LogP contribution in [0.5, 0.6) is 5.75 Å². The van der Waals surface area contributed by atoms with Crippen LogP contribution in [0.3, 0.4) is 0 Å². The van der Waals surface area contributed by atoms with Crippen LogP contribution in [0.15, 0.2) is 46.8 Å². The van der Waals surface area contributed by atoms with Crippen molar-refractivity contribution >= 4 is 51.8 Å². The van der Waals surface area contributed by atoms with Gasteiger partial charge in [0.15, 0.2) is 5.69 Å². The number of pyridine rings is 2. The largest absolute Gasteiger partial charge is 0.477 e. The monoisotopic (exact) mass is 626 g/mol. The molecule has 4 aromatic rings. The highest BCUT2D eigenvalue weighted by Gasteiger charge is 2.43. The predicted molar refractivity (Wildman–Crippen MR) is 158 cm³/mol. The summed E-state index contributed by atoms with van der Waals surface area (Å²) in [6, 6.07) is 6.29. The number of nitrogens with zero attached hydrogens (tertiary/aromatic N) is 4. The summed E-state index contributed by atoms with van der Waals surface area (Å²) >= 11 is 12.9. The first-order valence-electron chi connectivity index (χ1n) is 14.1. The zero-order valence-corrected chi connectivity index (χ0v) is 24.3. The van der Waals surface area contributed by atoms with Gasteiger partial charge in [0.2, 0.25) is 0 Å². The van der Waals surface area contributed by atoms with Crippen LogP contribution in [-0.2, 0) is 0 Å². The third-order valence-electron chi connectivity index (χ3n) is 8.73. The molecule has 1 N–H and O–H groups in total. The van der Waals surface area contributed by atoms with Crippen LogP contribution in [0.25, 0.3) is 28.2 Å². The number of halogens is 4. The molecule has 0 atom stereocenters. The second-order valence-electron chi connectivity index (χ2n) is 11.6. The number of alkyl halides is 2. The number of ether oxygens (including phenoxy) is 1. The van der Waals surface area contributed by atoms with Crippen molar-refractivity contribution in [1.29, 1.82) is 0 Å². The Morgan fingerprint density at radius 3 is 2.51 bits per heavy atom. The van der Waals surface area contributed by atoms with Crippen LogP contribution < -0.4 is 9.64 Å². The minimum atomic E-state index is -3.08. The molecule has 12 heteroatoms. The number of hydrogen-bond acceptors (Lipinski definition) is 7. The van der Waals surface area contributed by atoms with Gasteiger partial charge in [0.1, 0.15) is 17.2 Å². The van der Waals surface area contributed by atoms with Crippen molar-refractivity contribution in [3.05, 3.63) is 69.3 Å². The second kappa shape index (κ2) is 10.7. The third kappa shape index (κ3) is 5.31. The van der Waals surface area contributed by atoms with Crippen LogP contribution in [0.4, 0.5) is 14.5 Å². The van der Waals surface area contributed by atoms with E-state index in [1.807, 2.05) is 6.07 Å². The van der Waals surface area contributed by atoms with Crippen LogP contribution in [0, 0.1) is 5.41 Å². The Kier molecular flexibility index (Phi) is 7.01. The van der Waals surface area contributed by atoms with Crippen molar-refractivity contribution in [2.24, 2.45) is 5.41 Å². The summed E-state index contributed by atoms with van der Waals surface area (Å²) in [7, 11) is 0. The molecule has 2 saturated carbocycles. The molecule has 3 fully saturated rings. The summed E-state index contributed by atoms with van der Waals surface area (Å²) in [4.78, 5) is 21.8. The molecule has 43 heavy (non-hydrogen) atoms. The number of hydrogen-bond donors (Lipinski definition) is 1. The molecular formula is C31H26Cl2F2N4O4. The molecule has 1 aromatic carbocycles. The fourth-order valence-corrected chi connectivity index (χ4v) is 6.94. The molecule has 0 unspecified atom stereocenters. The van der Waals surface area contributed by atoms with Crippen molar-refractivity contribution in [2.75, 3.05) is 18.0 Å². The van der Waals surface area contributed by atoms with Crippen molar-refractivity contribution in [1.82, 2.24) is 15.1 Å². The first-order chi connectivity index (χ1) is 20.7. The number of aromatic nitrogens is 3. The van der Waals surface area contributed by atoms with Crippen LogP contribution in [0.2, 0.25) is 10.0 Å². The molecule has 3 aliphatic rings. The van der Waals surface area contributed by atoms with Crippen molar-refractivity contribution in [3.63, 3.8) is 0 Å². The number of carboxylic acids is 1. The predicted octanol–water partition coefficient (Wildman–Crippen LogP) is 8.23. The Morgan fingerprint density at radius 1 is 1.14 bits per heavy atom. The number of carboxylic acid groups (broad SMARTS) is 1. The van der Waals surface area contributed by atoms with Crippen molar-refractivity contribution in [3.8, 4) is 17.0 Å². The number of aromatic carboxylic acids is 1. The molecule has 0 amide bonds. The Hall–Kier alpha value is -3.76. The number of carbonyl (C=O) groups is 1. The average molecular weight is 627 g/mol. The molecule has 1 saturated heterocycles. The van der Waals surface area contributed by atoms with Gasteiger partial charge in [-0.05, 0) is 68.2 Å². The lowest BCUT2D eigenvalue weighted by atomic mass is 9.60. The Morgan fingerprint density at radius 2 is 1.86 bits per heavy atom. The molecule has 4 heterocycles. The lowest BCUT2D eigenvalue weighted by Crippen LogP contribution is -2.44. The van der Waals surface area contributed by atoms with Gasteiger partial charge < -0.3 is 19.3 Å². The number of rotatable bonds is 7. The summed E-state index contributed by atoms with van der Waals surface area (Å²) in [6.07, 6.45) is 11.4. The SMILES string of the molecule is O=C(O)c1cc(OC(F)F)c2cc(N3CCC4(CC3)CC(=Cc3c(-c5c(Cl)cncc5Cl)noc3C3CC3)C4)ccc2n1. The summed E-state index contributed by atoms with van der Waals surface area (Å²) in [5, 5.41) is 14.9. The van der Waals surface area contributed by atoms with E-state index in [9.17, 15) is 18.7 Å². The maximum atomic E-state index is 13.1. The lowest BCUT2D eigenvalue weighted by molar-refractivity contribution is -0.0489. The van der Waals surface area contributed by atoms with E-state index >= 15 is 0 Å². The Bertz CT molecular complexity index is 1750. The molecule has 7 rings (SSSR count). The van der Waals surface area contributed by atoms with E-state index in [1.54, 1.807) is 24.5 Å². The van der Waals surface area contributed by atoms with Gasteiger partial charge in [-0.25, -0.2) is 9.78 Å². The zero-order valence-electron chi connectivity index (χ0n) is 22.8. The maximum Gasteiger partial charge on any atom is 0.387 e. The molecule has 222 valence electrons. The topological polar surface area (TPSA) is 102 Å². The van der Waals surface area contributed by atoms with Gasteiger partial charge in [0.25, 0.3) is 0 Å². The van der Waals surface area contributed by atoms with Gasteiger partial charge >= 0.3 is 12.6 Å². The minimum absolute atomic E-state index is 0.199. The van der Waals surface area contributed by atoms with E-state index in [-0.39, 0.29) is 22.4 Å². The van der Waals surface area contributed by atoms with E-state index < -0.39 is 12.6 Å². The van der Waals surface area contributed by atoms with Gasteiger partial charge in [0, 0.05) is 59.7 Å². The number of allylic oxidation sites excluding steroid dienone is 1. The number of benzene rings is 1. The van der Waals surface area contributed by atoms with Gasteiger partial charge in [-0.1, -0.05) is 33.9 Å². The van der Waals surface area contributed by atoms with Crippen LogP contribution in [-0.4, -0.2) is 45.9 Å². The average Bonchev–Trinajstić information content (AvgIpc) is 3.72. The molecule has 0 bridgehead atoms. The second-order valence-corrected chi connectivity index (χ2v) is 12.4. The van der Waals surface area contributed by atoms with Gasteiger partial charge in [-0.2, -0.15) is 8.78 Å². The summed E-state index contributed by atoms with van der Waals surface area (Å²) in [5.41, 5.74) is 4.57. The fourth-order valence-electron chi connectivity index (χ4n) is 6.40. The number of fused-ring (bicyclic) bond motifs is 1. The lowest BCUT2D eigenvalue weighted by Gasteiger charge is -2.50. The molecule has 3 aromatic heterocycles. The third-order valence-corrected chi connectivity index (χ3v) is 9.30. The molecular weight excluding hydrogens is 601 g/mol. The quantitative estimate of drug-likeness (QED) is 0.219. The van der Waals surface area contributed by atoms with Crippen molar-refractivity contribution < 1.29 is 27.9 Å². The number of piperidine rings is 1. The molecule has 0 radical (unpaired) electrons. The fraction of sp³-hybridized carbons (Fsp3) is 0.355. The molecule has 1 aliphatic heterocycles. The molecule has 8 nitrogen and oxygen atoms in total. The first-order valence-corrected chi connectivity index (χ1v) is 14.8. The summed E-state index contributed by atoms with van der Waals surface area (Å²) in [6.45, 7) is -1.48. The first kappa shape index (κ1) is 28.0. The highest BCUT2D eigenvalue weighted by molar-refractivity contribution is 6.39. The highest BCUT2D eigenvalue weighted by atomic mass is 35.5. The summed E-state index contributed by atoms with van der Waals surface area (Å²) < 4.78 is 36.7. The number of anilines is 1.